The van der Waals surface area contributed by atoms with Crippen molar-refractivity contribution in [3.05, 3.63) is 76.7 Å². The number of hydrogen-bond donors (Lipinski definition) is 0. The molecule has 2 aromatic carbocycles. The molecule has 1 aliphatic carbocycles. The summed E-state index contributed by atoms with van der Waals surface area (Å²) in [5.74, 6) is 1.58. The Kier molecular flexibility index (Phi) is 7.56. The van der Waals surface area contributed by atoms with Crippen molar-refractivity contribution in [2.24, 2.45) is 5.92 Å². The maximum absolute atomic E-state index is 13.2. The fourth-order valence-corrected chi connectivity index (χ4v) is 5.48. The van der Waals surface area contributed by atoms with Crippen molar-refractivity contribution in [1.29, 1.82) is 0 Å². The summed E-state index contributed by atoms with van der Waals surface area (Å²) in [6.45, 7) is 5.10. The normalized spacial score (nSPS) is 18.3. The molecule has 3 aromatic rings. The van der Waals surface area contributed by atoms with E-state index in [-0.39, 0.29) is 5.56 Å². The molecule has 1 aromatic heterocycles. The van der Waals surface area contributed by atoms with Gasteiger partial charge < -0.3 is 9.64 Å². The first kappa shape index (κ1) is 23.7. The highest BCUT2D eigenvalue weighted by Gasteiger charge is 2.22. The van der Waals surface area contributed by atoms with Gasteiger partial charge in [-0.3, -0.25) is 9.36 Å². The summed E-state index contributed by atoms with van der Waals surface area (Å²) in [7, 11) is 0. The fourth-order valence-electron chi connectivity index (χ4n) is 5.48. The van der Waals surface area contributed by atoms with Crippen LogP contribution in [0.1, 0.15) is 64.7 Å². The van der Waals surface area contributed by atoms with Gasteiger partial charge in [0, 0.05) is 36.0 Å². The second-order valence-corrected chi connectivity index (χ2v) is 10.2. The number of rotatable bonds is 8. The molecule has 2 aliphatic rings. The van der Waals surface area contributed by atoms with Crippen LogP contribution in [0.5, 0.6) is 5.75 Å². The van der Waals surface area contributed by atoms with Gasteiger partial charge in [0.2, 0.25) is 0 Å². The van der Waals surface area contributed by atoms with E-state index in [0.29, 0.717) is 12.0 Å². The van der Waals surface area contributed by atoms with Crippen LogP contribution in [0.25, 0.3) is 16.5 Å². The van der Waals surface area contributed by atoms with E-state index in [4.69, 9.17) is 4.74 Å². The molecule has 1 saturated carbocycles. The lowest BCUT2D eigenvalue weighted by molar-refractivity contribution is 0.310. The standard InChI is InChI=1S/C31H38N2O2/c1-2-3-21-35-29-15-16-30-26(22-29)18-20-33(31(30)34)28-13-11-27(12-14-28)32-19-17-25(23-32)10-9-24-7-5-4-6-8-24/h9,11-16,18,20,22,25H,2-8,10,17,19,21,23H2,1H3/t25-/m1/s1. The van der Waals surface area contributed by atoms with E-state index in [0.717, 1.165) is 48.7 Å². The summed E-state index contributed by atoms with van der Waals surface area (Å²) in [5, 5.41) is 1.64. The third kappa shape index (κ3) is 5.63. The first-order valence-electron chi connectivity index (χ1n) is 13.5. The molecule has 0 amide bonds. The average molecular weight is 471 g/mol. The van der Waals surface area contributed by atoms with Crippen LogP contribution >= 0.6 is 0 Å². The number of hydrogen-bond acceptors (Lipinski definition) is 3. The van der Waals surface area contributed by atoms with Gasteiger partial charge in [-0.15, -0.1) is 0 Å². The quantitative estimate of drug-likeness (QED) is 0.256. The first-order chi connectivity index (χ1) is 17.2. The van der Waals surface area contributed by atoms with Crippen molar-refractivity contribution >= 4 is 16.5 Å². The summed E-state index contributed by atoms with van der Waals surface area (Å²) >= 11 is 0. The van der Waals surface area contributed by atoms with E-state index < -0.39 is 0 Å². The second-order valence-electron chi connectivity index (χ2n) is 10.2. The molecule has 5 rings (SSSR count). The van der Waals surface area contributed by atoms with Crippen molar-refractivity contribution < 1.29 is 4.74 Å². The smallest absolute Gasteiger partial charge is 0.262 e. The van der Waals surface area contributed by atoms with Crippen molar-refractivity contribution in [2.45, 2.75) is 64.7 Å². The molecule has 0 bridgehead atoms. The summed E-state index contributed by atoms with van der Waals surface area (Å²) in [5.41, 5.74) is 3.86. The number of aromatic nitrogens is 1. The molecule has 0 spiro atoms. The van der Waals surface area contributed by atoms with Gasteiger partial charge in [-0.25, -0.2) is 0 Å². The minimum Gasteiger partial charge on any atom is -0.494 e. The van der Waals surface area contributed by atoms with E-state index >= 15 is 0 Å². The van der Waals surface area contributed by atoms with Crippen LogP contribution in [0.15, 0.2) is 71.2 Å². The largest absolute Gasteiger partial charge is 0.494 e. The SMILES string of the molecule is CCCCOc1ccc2c(=O)n(-c3ccc(N4CC[C@@H](CC=C5CCCCC5)C4)cc3)ccc2c1. The van der Waals surface area contributed by atoms with E-state index in [1.54, 1.807) is 10.1 Å². The number of ether oxygens (including phenoxy) is 1. The lowest BCUT2D eigenvalue weighted by atomic mass is 9.92. The molecule has 2 fully saturated rings. The van der Waals surface area contributed by atoms with Gasteiger partial charge in [-0.05, 0) is 105 Å². The molecule has 0 N–H and O–H groups in total. The van der Waals surface area contributed by atoms with Gasteiger partial charge >= 0.3 is 0 Å². The zero-order chi connectivity index (χ0) is 24.0. The highest BCUT2D eigenvalue weighted by Crippen LogP contribution is 2.29. The lowest BCUT2D eigenvalue weighted by Crippen LogP contribution is -2.20. The third-order valence-corrected chi connectivity index (χ3v) is 7.66. The Balaban J connectivity index is 1.25. The predicted octanol–water partition coefficient (Wildman–Crippen LogP) is 7.28. The Hall–Kier alpha value is -3.01. The monoisotopic (exact) mass is 470 g/mol. The first-order valence-corrected chi connectivity index (χ1v) is 13.5. The summed E-state index contributed by atoms with van der Waals surface area (Å²) in [6.07, 6.45) is 15.8. The molecule has 4 heteroatoms. The van der Waals surface area contributed by atoms with Crippen molar-refractivity contribution in [1.82, 2.24) is 4.57 Å². The number of pyridine rings is 1. The van der Waals surface area contributed by atoms with Crippen LogP contribution in [-0.2, 0) is 0 Å². The fraction of sp³-hybridized carbons (Fsp3) is 0.452. The van der Waals surface area contributed by atoms with Crippen molar-refractivity contribution in [2.75, 3.05) is 24.6 Å². The van der Waals surface area contributed by atoms with E-state index in [9.17, 15) is 4.79 Å². The zero-order valence-corrected chi connectivity index (χ0v) is 21.0. The van der Waals surface area contributed by atoms with E-state index in [2.05, 4.69) is 42.2 Å². The Labute approximate surface area is 209 Å². The van der Waals surface area contributed by atoms with Gasteiger partial charge in [-0.2, -0.15) is 0 Å². The van der Waals surface area contributed by atoms with Crippen LogP contribution in [0.4, 0.5) is 5.69 Å². The van der Waals surface area contributed by atoms with Crippen LogP contribution in [0, 0.1) is 5.92 Å². The highest BCUT2D eigenvalue weighted by atomic mass is 16.5. The van der Waals surface area contributed by atoms with Gasteiger partial charge in [0.25, 0.3) is 5.56 Å². The van der Waals surface area contributed by atoms with Crippen molar-refractivity contribution in [3.63, 3.8) is 0 Å². The Morgan fingerprint density at radius 2 is 1.80 bits per heavy atom. The van der Waals surface area contributed by atoms with Crippen LogP contribution in [0.3, 0.4) is 0 Å². The molecule has 1 aliphatic heterocycles. The van der Waals surface area contributed by atoms with Gasteiger partial charge in [-0.1, -0.05) is 31.4 Å². The maximum Gasteiger partial charge on any atom is 0.262 e. The minimum atomic E-state index is 0.00680. The third-order valence-electron chi connectivity index (χ3n) is 7.66. The number of unbranched alkanes of at least 4 members (excludes halogenated alkanes) is 1. The molecule has 0 unspecified atom stereocenters. The summed E-state index contributed by atoms with van der Waals surface area (Å²) in [4.78, 5) is 15.7. The highest BCUT2D eigenvalue weighted by molar-refractivity contribution is 5.83. The Morgan fingerprint density at radius 1 is 1.00 bits per heavy atom. The Morgan fingerprint density at radius 3 is 2.60 bits per heavy atom. The number of nitrogens with zero attached hydrogens (tertiary/aromatic N) is 2. The zero-order valence-electron chi connectivity index (χ0n) is 21.0. The number of fused-ring (bicyclic) bond motifs is 1. The van der Waals surface area contributed by atoms with Gasteiger partial charge in [0.05, 0.1) is 6.61 Å². The topological polar surface area (TPSA) is 34.5 Å². The molecule has 1 atom stereocenters. The predicted molar refractivity (Wildman–Crippen MR) is 146 cm³/mol. The molecule has 35 heavy (non-hydrogen) atoms. The second kappa shape index (κ2) is 11.2. The summed E-state index contributed by atoms with van der Waals surface area (Å²) < 4.78 is 7.55. The Bertz CT molecular complexity index is 1220. The van der Waals surface area contributed by atoms with Crippen LogP contribution < -0.4 is 15.2 Å². The molecule has 4 nitrogen and oxygen atoms in total. The average Bonchev–Trinajstić information content (AvgIpc) is 3.38. The van der Waals surface area contributed by atoms with Gasteiger partial charge in [0.15, 0.2) is 0 Å². The molecule has 1 saturated heterocycles. The number of anilines is 1. The minimum absolute atomic E-state index is 0.00680. The molecule has 2 heterocycles. The van der Waals surface area contributed by atoms with Crippen LogP contribution in [-0.4, -0.2) is 24.3 Å². The van der Waals surface area contributed by atoms with Gasteiger partial charge in [0.1, 0.15) is 5.75 Å². The number of benzene rings is 2. The summed E-state index contributed by atoms with van der Waals surface area (Å²) in [6, 6.07) is 16.2. The van der Waals surface area contributed by atoms with E-state index in [1.807, 2.05) is 30.5 Å². The van der Waals surface area contributed by atoms with Crippen LogP contribution in [0.2, 0.25) is 0 Å². The molecule has 0 radical (unpaired) electrons. The molecule has 184 valence electrons. The number of allylic oxidation sites excluding steroid dienone is 2. The maximum atomic E-state index is 13.2. The van der Waals surface area contributed by atoms with E-state index in [1.165, 1.54) is 50.6 Å². The molecular weight excluding hydrogens is 432 g/mol. The van der Waals surface area contributed by atoms with Crippen molar-refractivity contribution in [3.8, 4) is 11.4 Å². The molecular formula is C31H38N2O2. The lowest BCUT2D eigenvalue weighted by Gasteiger charge is -2.19.